The zero-order chi connectivity index (χ0) is 27.4. The van der Waals surface area contributed by atoms with Crippen LogP contribution in [0.4, 0.5) is 19.0 Å². The number of alkyl halides is 3. The molecule has 1 aliphatic heterocycles. The maximum absolute atomic E-state index is 12.2. The average Bonchev–Trinajstić information content (AvgIpc) is 2.87. The number of anilines is 1. The molecule has 0 radical (unpaired) electrons. The average molecular weight is 536 g/mol. The fourth-order valence-corrected chi connectivity index (χ4v) is 3.31. The van der Waals surface area contributed by atoms with Gasteiger partial charge >= 0.3 is 12.1 Å². The molecule has 4 N–H and O–H groups in total. The Morgan fingerprint density at radius 2 is 1.97 bits per heavy atom. The molecule has 1 aliphatic rings. The number of aliphatic carboxylic acids is 1. The molecule has 2 heterocycles. The predicted molar refractivity (Wildman–Crippen MR) is 146 cm³/mol. The maximum atomic E-state index is 12.2. The number of pyridine rings is 1. The number of halogens is 3. The lowest BCUT2D eigenvalue weighted by Gasteiger charge is -2.23. The van der Waals surface area contributed by atoms with Crippen LogP contribution in [0.25, 0.3) is 0 Å². The van der Waals surface area contributed by atoms with Gasteiger partial charge in [-0.15, -0.1) is 0 Å². The van der Waals surface area contributed by atoms with Crippen LogP contribution in [-0.4, -0.2) is 85.8 Å². The van der Waals surface area contributed by atoms with E-state index in [1.54, 1.807) is 13.3 Å². The Hall–Kier alpha value is -2.24. The molecule has 0 bridgehead atoms. The van der Waals surface area contributed by atoms with Crippen LogP contribution in [0.2, 0.25) is 0 Å². The van der Waals surface area contributed by atoms with E-state index in [1.165, 1.54) is 5.56 Å². The van der Waals surface area contributed by atoms with E-state index >= 15 is 0 Å². The Kier molecular flexibility index (Phi) is 21.8. The summed E-state index contributed by atoms with van der Waals surface area (Å²) in [4.78, 5) is 21.1. The number of ether oxygens (including phenoxy) is 1. The minimum absolute atomic E-state index is 0. The molecular formula is C26H48F3N5O3. The first kappa shape index (κ1) is 36.9. The fraction of sp³-hybridized carbons (Fsp3) is 0.731. The lowest BCUT2D eigenvalue weighted by Crippen LogP contribution is -2.37. The Morgan fingerprint density at radius 3 is 2.57 bits per heavy atom. The molecule has 0 fully saturated rings. The van der Waals surface area contributed by atoms with Crippen molar-refractivity contribution in [3.05, 3.63) is 23.4 Å². The van der Waals surface area contributed by atoms with Gasteiger partial charge in [0, 0.05) is 32.4 Å². The second-order valence-electron chi connectivity index (χ2n) is 8.06. The van der Waals surface area contributed by atoms with Crippen LogP contribution in [-0.2, 0) is 22.4 Å². The topological polar surface area (TPSA) is 113 Å². The van der Waals surface area contributed by atoms with Crippen molar-refractivity contribution in [3.8, 4) is 0 Å². The number of nitrogens with zero attached hydrogens (tertiary/aromatic N) is 3. The summed E-state index contributed by atoms with van der Waals surface area (Å²) in [6.45, 7) is 6.79. The largest absolute Gasteiger partial charge is 0.480 e. The second kappa shape index (κ2) is 21.8. The number of nitrogens with one attached hydrogen (secondary N) is 1. The molecule has 1 atom stereocenters. The molecule has 0 amide bonds. The summed E-state index contributed by atoms with van der Waals surface area (Å²) in [5.41, 5.74) is 7.79. The SMILES string of the molecule is C.CC.CC=NC.N[C@@H](CCN(CCCCc1ccc2c(n1)NCCC2)CCOCC(F)(F)F)C(=O)O. The van der Waals surface area contributed by atoms with Crippen molar-refractivity contribution in [2.45, 2.75) is 78.9 Å². The third-order valence-electron chi connectivity index (χ3n) is 5.26. The summed E-state index contributed by atoms with van der Waals surface area (Å²) < 4.78 is 41.3. The van der Waals surface area contributed by atoms with Crippen molar-refractivity contribution in [1.29, 1.82) is 0 Å². The third-order valence-corrected chi connectivity index (χ3v) is 5.26. The number of carboxylic acid groups (broad SMARTS) is 1. The maximum Gasteiger partial charge on any atom is 0.411 e. The number of aliphatic imine (C=N–C) groups is 1. The molecule has 1 aromatic rings. The van der Waals surface area contributed by atoms with Crippen molar-refractivity contribution in [2.75, 3.05) is 51.8 Å². The van der Waals surface area contributed by atoms with Gasteiger partial charge in [0.05, 0.1) is 6.61 Å². The fourth-order valence-electron chi connectivity index (χ4n) is 3.31. The van der Waals surface area contributed by atoms with Crippen LogP contribution in [0.15, 0.2) is 17.1 Å². The number of unbranched alkanes of at least 4 members (excludes halogenated alkanes) is 1. The van der Waals surface area contributed by atoms with Crippen LogP contribution >= 0.6 is 0 Å². The first-order valence-corrected chi connectivity index (χ1v) is 12.6. The van der Waals surface area contributed by atoms with Crippen molar-refractivity contribution in [3.63, 3.8) is 0 Å². The molecule has 0 spiro atoms. The zero-order valence-corrected chi connectivity index (χ0v) is 22.1. The van der Waals surface area contributed by atoms with E-state index in [0.29, 0.717) is 19.6 Å². The first-order chi connectivity index (χ1) is 17.2. The zero-order valence-electron chi connectivity index (χ0n) is 22.1. The molecule has 37 heavy (non-hydrogen) atoms. The molecule has 0 saturated carbocycles. The van der Waals surface area contributed by atoms with E-state index in [1.807, 2.05) is 31.7 Å². The van der Waals surface area contributed by atoms with E-state index in [2.05, 4.69) is 26.1 Å². The van der Waals surface area contributed by atoms with Crippen molar-refractivity contribution in [2.24, 2.45) is 10.7 Å². The highest BCUT2D eigenvalue weighted by Crippen LogP contribution is 2.20. The van der Waals surface area contributed by atoms with E-state index in [9.17, 15) is 18.0 Å². The van der Waals surface area contributed by atoms with E-state index in [0.717, 1.165) is 50.2 Å². The summed E-state index contributed by atoms with van der Waals surface area (Å²) in [6.07, 6.45) is 2.27. The molecule has 0 aromatic carbocycles. The molecule has 1 aromatic heterocycles. The number of hydrogen-bond donors (Lipinski definition) is 3. The van der Waals surface area contributed by atoms with E-state index in [-0.39, 0.29) is 20.5 Å². The third kappa shape index (κ3) is 18.6. The van der Waals surface area contributed by atoms with Gasteiger partial charge in [0.2, 0.25) is 0 Å². The number of rotatable bonds is 13. The Balaban J connectivity index is 0. The van der Waals surface area contributed by atoms with Gasteiger partial charge in [0.1, 0.15) is 18.5 Å². The van der Waals surface area contributed by atoms with Crippen molar-refractivity contribution < 1.29 is 27.8 Å². The van der Waals surface area contributed by atoms with Crippen LogP contribution in [0.3, 0.4) is 0 Å². The van der Waals surface area contributed by atoms with Gasteiger partial charge in [-0.25, -0.2) is 4.98 Å². The normalized spacial score (nSPS) is 13.3. The van der Waals surface area contributed by atoms with Crippen molar-refractivity contribution >= 4 is 18.0 Å². The quantitative estimate of drug-likeness (QED) is 0.245. The van der Waals surface area contributed by atoms with Gasteiger partial charge < -0.3 is 30.8 Å². The summed E-state index contributed by atoms with van der Waals surface area (Å²) in [7, 11) is 1.75. The molecule has 11 heteroatoms. The lowest BCUT2D eigenvalue weighted by molar-refractivity contribution is -0.174. The minimum atomic E-state index is -4.35. The van der Waals surface area contributed by atoms with Gasteiger partial charge in [-0.05, 0) is 69.8 Å². The van der Waals surface area contributed by atoms with Gasteiger partial charge in [-0.1, -0.05) is 27.3 Å². The smallest absolute Gasteiger partial charge is 0.411 e. The molecular weight excluding hydrogens is 487 g/mol. The number of nitrogens with two attached hydrogens (primary N) is 1. The van der Waals surface area contributed by atoms with Gasteiger partial charge in [-0.3, -0.25) is 4.79 Å². The Bertz CT molecular complexity index is 745. The summed E-state index contributed by atoms with van der Waals surface area (Å²) in [6, 6.07) is 3.16. The highest BCUT2D eigenvalue weighted by molar-refractivity contribution is 5.72. The molecule has 0 aliphatic carbocycles. The standard InChI is InChI=1S/C20H31F3N4O3.C3H7N.C2H6.CH4/c21-20(22,23)14-30-13-12-27(11-8-17(24)19(28)29)10-2-1-5-16-7-6-15-4-3-9-25-18(15)26-16;1-3-4-2;1-2;/h6-7,17H,1-5,8-14,24H2,(H,25,26)(H,28,29);3H,1-2H3;1-2H3;1H4/t17-;;;/m0.../s1. The molecule has 0 unspecified atom stereocenters. The van der Waals surface area contributed by atoms with Crippen LogP contribution in [0.5, 0.6) is 0 Å². The molecule has 8 nitrogen and oxygen atoms in total. The number of carbonyl (C=O) groups is 1. The van der Waals surface area contributed by atoms with Crippen LogP contribution < -0.4 is 11.1 Å². The van der Waals surface area contributed by atoms with Gasteiger partial charge in [-0.2, -0.15) is 13.2 Å². The number of aryl methyl sites for hydroxylation is 2. The first-order valence-electron chi connectivity index (χ1n) is 12.6. The van der Waals surface area contributed by atoms with Crippen LogP contribution in [0.1, 0.15) is 65.1 Å². The monoisotopic (exact) mass is 535 g/mol. The van der Waals surface area contributed by atoms with Crippen molar-refractivity contribution in [1.82, 2.24) is 9.88 Å². The number of fused-ring (bicyclic) bond motifs is 1. The highest BCUT2D eigenvalue weighted by atomic mass is 19.4. The predicted octanol–water partition coefficient (Wildman–Crippen LogP) is 4.81. The Morgan fingerprint density at radius 1 is 1.30 bits per heavy atom. The summed E-state index contributed by atoms with van der Waals surface area (Å²) in [5, 5.41) is 12.2. The summed E-state index contributed by atoms with van der Waals surface area (Å²) >= 11 is 0. The van der Waals surface area contributed by atoms with E-state index < -0.39 is 24.8 Å². The van der Waals surface area contributed by atoms with Gasteiger partial charge in [0.15, 0.2) is 0 Å². The van der Waals surface area contributed by atoms with E-state index in [4.69, 9.17) is 10.8 Å². The lowest BCUT2D eigenvalue weighted by atomic mass is 10.1. The molecule has 0 saturated heterocycles. The number of aromatic nitrogens is 1. The summed E-state index contributed by atoms with van der Waals surface area (Å²) in [5.74, 6) is -0.125. The second-order valence-corrected chi connectivity index (χ2v) is 8.06. The molecule has 216 valence electrons. The minimum Gasteiger partial charge on any atom is -0.480 e. The Labute approximate surface area is 220 Å². The number of carboxylic acids is 1. The van der Waals surface area contributed by atoms with Crippen LogP contribution in [0, 0.1) is 0 Å². The highest BCUT2D eigenvalue weighted by Gasteiger charge is 2.27. The number of hydrogen-bond acceptors (Lipinski definition) is 7. The van der Waals surface area contributed by atoms with Gasteiger partial charge in [0.25, 0.3) is 0 Å². The molecule has 2 rings (SSSR count).